The van der Waals surface area contributed by atoms with Gasteiger partial charge in [0, 0.05) is 25.7 Å². The predicted octanol–water partition coefficient (Wildman–Crippen LogP) is 1.04. The average molecular weight is 282 g/mol. The Bertz CT molecular complexity index is 349. The van der Waals surface area contributed by atoms with Crippen molar-refractivity contribution in [2.24, 2.45) is 5.41 Å². The summed E-state index contributed by atoms with van der Waals surface area (Å²) in [6, 6.07) is 0.646. The molecule has 0 saturated carbocycles. The van der Waals surface area contributed by atoms with Crippen molar-refractivity contribution in [2.45, 2.75) is 38.1 Å². The zero-order valence-electron chi connectivity index (χ0n) is 12.2. The maximum absolute atomic E-state index is 11.7. The number of hydrogen-bond acceptors (Lipinski definition) is 4. The molecule has 3 heterocycles. The molecule has 0 aromatic rings. The third-order valence-electron chi connectivity index (χ3n) is 5.21. The van der Waals surface area contributed by atoms with E-state index in [0.717, 1.165) is 25.9 Å². The van der Waals surface area contributed by atoms with Crippen LogP contribution in [0.5, 0.6) is 0 Å². The third kappa shape index (κ3) is 2.85. The maximum atomic E-state index is 11.7. The smallest absolute Gasteiger partial charge is 0.313 e. The summed E-state index contributed by atoms with van der Waals surface area (Å²) in [5, 5.41) is 9.61. The monoisotopic (exact) mass is 282 g/mol. The van der Waals surface area contributed by atoms with Crippen molar-refractivity contribution in [2.75, 3.05) is 45.9 Å². The fraction of sp³-hybridized carbons (Fsp3) is 0.933. The molecule has 0 radical (unpaired) electrons. The lowest BCUT2D eigenvalue weighted by Gasteiger charge is -2.36. The molecule has 2 atom stereocenters. The van der Waals surface area contributed by atoms with Crippen LogP contribution in [0.15, 0.2) is 0 Å². The van der Waals surface area contributed by atoms with Crippen molar-refractivity contribution in [3.8, 4) is 0 Å². The fourth-order valence-corrected chi connectivity index (χ4v) is 4.00. The van der Waals surface area contributed by atoms with E-state index in [1.165, 1.54) is 32.4 Å². The molecule has 5 heteroatoms. The highest BCUT2D eigenvalue weighted by Gasteiger charge is 2.43. The molecule has 3 saturated heterocycles. The van der Waals surface area contributed by atoms with Crippen LogP contribution in [0.3, 0.4) is 0 Å². The second-order valence-corrected chi connectivity index (χ2v) is 6.66. The Labute approximate surface area is 120 Å². The molecule has 3 fully saturated rings. The highest BCUT2D eigenvalue weighted by molar-refractivity contribution is 5.75. The zero-order valence-corrected chi connectivity index (χ0v) is 12.2. The second kappa shape index (κ2) is 6.00. The van der Waals surface area contributed by atoms with E-state index >= 15 is 0 Å². The molecular formula is C15H26N2O3. The molecule has 3 rings (SSSR count). The molecule has 5 nitrogen and oxygen atoms in total. The molecule has 20 heavy (non-hydrogen) atoms. The van der Waals surface area contributed by atoms with E-state index in [-0.39, 0.29) is 0 Å². The van der Waals surface area contributed by atoms with E-state index in [1.807, 2.05) is 0 Å². The Kier molecular flexibility index (Phi) is 4.29. The molecule has 1 N–H and O–H groups in total. The molecule has 2 unspecified atom stereocenters. The van der Waals surface area contributed by atoms with E-state index in [4.69, 9.17) is 4.74 Å². The van der Waals surface area contributed by atoms with Crippen LogP contribution in [0.1, 0.15) is 32.1 Å². The van der Waals surface area contributed by atoms with Gasteiger partial charge in [-0.15, -0.1) is 0 Å². The van der Waals surface area contributed by atoms with Gasteiger partial charge in [0.15, 0.2) is 0 Å². The zero-order chi connectivity index (χ0) is 14.0. The minimum atomic E-state index is -0.679. The van der Waals surface area contributed by atoms with Crippen molar-refractivity contribution < 1.29 is 14.6 Å². The van der Waals surface area contributed by atoms with E-state index in [9.17, 15) is 9.90 Å². The van der Waals surface area contributed by atoms with Crippen molar-refractivity contribution in [1.82, 2.24) is 9.80 Å². The minimum Gasteiger partial charge on any atom is -0.481 e. The summed E-state index contributed by atoms with van der Waals surface area (Å²) in [6.45, 7) is 6.29. The number of likely N-dealkylation sites (tertiary alicyclic amines) is 2. The van der Waals surface area contributed by atoms with Crippen molar-refractivity contribution in [3.05, 3.63) is 0 Å². The number of carboxylic acids is 1. The number of hydrogen-bond donors (Lipinski definition) is 1. The van der Waals surface area contributed by atoms with Gasteiger partial charge in [-0.3, -0.25) is 9.69 Å². The van der Waals surface area contributed by atoms with Crippen LogP contribution in [0.2, 0.25) is 0 Å². The quantitative estimate of drug-likeness (QED) is 0.835. The first-order valence-corrected chi connectivity index (χ1v) is 7.97. The molecule has 114 valence electrons. The average Bonchev–Trinajstić information content (AvgIpc) is 3.10. The second-order valence-electron chi connectivity index (χ2n) is 6.66. The van der Waals surface area contributed by atoms with Gasteiger partial charge in [0.2, 0.25) is 0 Å². The van der Waals surface area contributed by atoms with E-state index in [2.05, 4.69) is 9.80 Å². The lowest BCUT2D eigenvalue weighted by Crippen LogP contribution is -2.48. The first kappa shape index (κ1) is 14.3. The Morgan fingerprint density at radius 3 is 2.70 bits per heavy atom. The van der Waals surface area contributed by atoms with E-state index < -0.39 is 11.4 Å². The predicted molar refractivity (Wildman–Crippen MR) is 75.8 cm³/mol. The van der Waals surface area contributed by atoms with E-state index in [1.54, 1.807) is 0 Å². The number of aliphatic carboxylic acids is 1. The number of carbonyl (C=O) groups is 1. The van der Waals surface area contributed by atoms with Gasteiger partial charge in [-0.2, -0.15) is 0 Å². The standard InChI is InChI=1S/C15H26N2O3/c18-14(19)15(5-3-9-20-12-15)11-16-8-4-13(10-16)17-6-1-2-7-17/h13H,1-12H2,(H,18,19). The summed E-state index contributed by atoms with van der Waals surface area (Å²) in [7, 11) is 0. The highest BCUT2D eigenvalue weighted by Crippen LogP contribution is 2.32. The van der Waals surface area contributed by atoms with Gasteiger partial charge < -0.3 is 14.7 Å². The fourth-order valence-electron chi connectivity index (χ4n) is 4.00. The van der Waals surface area contributed by atoms with Crippen LogP contribution in [-0.4, -0.2) is 72.9 Å². The molecule has 3 aliphatic heterocycles. The molecule has 3 aliphatic rings. The first-order chi connectivity index (χ1) is 9.70. The Morgan fingerprint density at radius 1 is 1.25 bits per heavy atom. The molecular weight excluding hydrogens is 256 g/mol. The van der Waals surface area contributed by atoms with Crippen LogP contribution in [0.4, 0.5) is 0 Å². The number of rotatable bonds is 4. The third-order valence-corrected chi connectivity index (χ3v) is 5.21. The van der Waals surface area contributed by atoms with Crippen molar-refractivity contribution in [3.63, 3.8) is 0 Å². The van der Waals surface area contributed by atoms with Crippen LogP contribution >= 0.6 is 0 Å². The summed E-state index contributed by atoms with van der Waals surface area (Å²) in [4.78, 5) is 16.6. The molecule has 0 aromatic heterocycles. The largest absolute Gasteiger partial charge is 0.481 e. The van der Waals surface area contributed by atoms with Gasteiger partial charge >= 0.3 is 5.97 Å². The number of ether oxygens (including phenoxy) is 1. The molecule has 0 aromatic carbocycles. The summed E-state index contributed by atoms with van der Waals surface area (Å²) in [5.74, 6) is -0.679. The van der Waals surface area contributed by atoms with Crippen molar-refractivity contribution in [1.29, 1.82) is 0 Å². The van der Waals surface area contributed by atoms with Crippen LogP contribution in [0, 0.1) is 5.41 Å². The van der Waals surface area contributed by atoms with Gasteiger partial charge in [0.1, 0.15) is 5.41 Å². The Morgan fingerprint density at radius 2 is 2.05 bits per heavy atom. The normalized spacial score (nSPS) is 36.5. The summed E-state index contributed by atoms with van der Waals surface area (Å²) in [5.41, 5.74) is -0.669. The SMILES string of the molecule is O=C(O)C1(CN2CCC(N3CCCC3)C2)CCCOC1. The minimum absolute atomic E-state index is 0.382. The van der Waals surface area contributed by atoms with Crippen molar-refractivity contribution >= 4 is 5.97 Å². The molecule has 0 spiro atoms. The number of nitrogens with zero attached hydrogens (tertiary/aromatic N) is 2. The Hall–Kier alpha value is -0.650. The Balaban J connectivity index is 1.58. The molecule has 0 aliphatic carbocycles. The molecule has 0 bridgehead atoms. The highest BCUT2D eigenvalue weighted by atomic mass is 16.5. The van der Waals surface area contributed by atoms with Gasteiger partial charge in [-0.05, 0) is 51.7 Å². The van der Waals surface area contributed by atoms with Crippen LogP contribution < -0.4 is 0 Å². The molecule has 0 amide bonds. The lowest BCUT2D eigenvalue weighted by molar-refractivity contribution is -0.159. The lowest BCUT2D eigenvalue weighted by atomic mass is 9.82. The first-order valence-electron chi connectivity index (χ1n) is 7.97. The maximum Gasteiger partial charge on any atom is 0.313 e. The van der Waals surface area contributed by atoms with Gasteiger partial charge in [0.25, 0.3) is 0 Å². The van der Waals surface area contributed by atoms with Crippen LogP contribution in [-0.2, 0) is 9.53 Å². The van der Waals surface area contributed by atoms with Crippen LogP contribution in [0.25, 0.3) is 0 Å². The van der Waals surface area contributed by atoms with Gasteiger partial charge in [-0.25, -0.2) is 0 Å². The number of carboxylic acid groups (broad SMARTS) is 1. The summed E-state index contributed by atoms with van der Waals surface area (Å²) < 4.78 is 5.47. The topological polar surface area (TPSA) is 53.0 Å². The van der Waals surface area contributed by atoms with Gasteiger partial charge in [0.05, 0.1) is 6.61 Å². The van der Waals surface area contributed by atoms with E-state index in [0.29, 0.717) is 25.8 Å². The summed E-state index contributed by atoms with van der Waals surface area (Å²) >= 11 is 0. The summed E-state index contributed by atoms with van der Waals surface area (Å²) in [6.07, 6.45) is 5.46. The van der Waals surface area contributed by atoms with Gasteiger partial charge in [-0.1, -0.05) is 0 Å².